The molecule has 0 radical (unpaired) electrons. The zero-order valence-electron chi connectivity index (χ0n) is 10.7. The molecular weight excluding hydrogens is 228 g/mol. The number of carboxylic acid groups (broad SMARTS) is 1. The zero-order valence-corrected chi connectivity index (χ0v) is 10.7. The smallest absolute Gasteiger partial charge is 0.408 e. The molecule has 0 saturated heterocycles. The Balaban J connectivity index is 2.17. The van der Waals surface area contributed by atoms with Gasteiger partial charge in [-0.05, 0) is 24.8 Å². The second-order valence-electron chi connectivity index (χ2n) is 4.97. The lowest BCUT2D eigenvalue weighted by atomic mass is 10.0. The number of rotatable bonds is 5. The summed E-state index contributed by atoms with van der Waals surface area (Å²) >= 11 is 0. The lowest BCUT2D eigenvalue weighted by Gasteiger charge is -2.33. The quantitative estimate of drug-likeness (QED) is 0.841. The standard InChI is InChI=1S/C14H20N2O2/c1-2-12(15)14(8-9-14)16(13(17)18)10-11-6-4-3-5-7-11/h3-7,12H,2,8-10,15H2,1H3,(H,17,18)/t12-/m1/s1. The van der Waals surface area contributed by atoms with Crippen LogP contribution >= 0.6 is 0 Å². The average molecular weight is 248 g/mol. The Morgan fingerprint density at radius 3 is 2.50 bits per heavy atom. The van der Waals surface area contributed by atoms with E-state index < -0.39 is 6.09 Å². The Morgan fingerprint density at radius 2 is 2.06 bits per heavy atom. The first kappa shape index (κ1) is 12.9. The Bertz CT molecular complexity index is 415. The van der Waals surface area contributed by atoms with E-state index in [1.54, 1.807) is 0 Å². The molecule has 1 amide bonds. The molecule has 0 spiro atoms. The number of hydrogen-bond acceptors (Lipinski definition) is 2. The molecule has 4 nitrogen and oxygen atoms in total. The first-order chi connectivity index (χ1) is 8.60. The molecule has 1 saturated carbocycles. The minimum Gasteiger partial charge on any atom is -0.465 e. The summed E-state index contributed by atoms with van der Waals surface area (Å²) in [6.07, 6.45) is 1.68. The van der Waals surface area contributed by atoms with Crippen molar-refractivity contribution < 1.29 is 9.90 Å². The molecule has 2 rings (SSSR count). The molecule has 98 valence electrons. The van der Waals surface area contributed by atoms with E-state index in [4.69, 9.17) is 5.73 Å². The van der Waals surface area contributed by atoms with Gasteiger partial charge in [0.1, 0.15) is 0 Å². The summed E-state index contributed by atoms with van der Waals surface area (Å²) in [7, 11) is 0. The number of carbonyl (C=O) groups is 1. The van der Waals surface area contributed by atoms with Gasteiger partial charge in [0.15, 0.2) is 0 Å². The van der Waals surface area contributed by atoms with Crippen LogP contribution in [0.4, 0.5) is 4.79 Å². The molecular formula is C14H20N2O2. The molecule has 0 unspecified atom stereocenters. The Morgan fingerprint density at radius 1 is 1.44 bits per heavy atom. The minimum absolute atomic E-state index is 0.0719. The van der Waals surface area contributed by atoms with Crippen LogP contribution in [-0.2, 0) is 6.54 Å². The predicted molar refractivity (Wildman–Crippen MR) is 70.2 cm³/mol. The van der Waals surface area contributed by atoms with Crippen molar-refractivity contribution in [3.8, 4) is 0 Å². The van der Waals surface area contributed by atoms with Gasteiger partial charge in [0.05, 0.1) is 5.54 Å². The van der Waals surface area contributed by atoms with E-state index in [2.05, 4.69) is 0 Å². The zero-order chi connectivity index (χ0) is 13.2. The topological polar surface area (TPSA) is 66.6 Å². The van der Waals surface area contributed by atoms with E-state index >= 15 is 0 Å². The highest BCUT2D eigenvalue weighted by Gasteiger charge is 2.53. The van der Waals surface area contributed by atoms with Gasteiger partial charge in [-0.1, -0.05) is 37.3 Å². The lowest BCUT2D eigenvalue weighted by molar-refractivity contribution is 0.102. The molecule has 1 atom stereocenters. The predicted octanol–water partition coefficient (Wildman–Crippen LogP) is 2.44. The minimum atomic E-state index is -0.875. The van der Waals surface area contributed by atoms with Gasteiger partial charge in [-0.15, -0.1) is 0 Å². The molecule has 1 aromatic carbocycles. The summed E-state index contributed by atoms with van der Waals surface area (Å²) < 4.78 is 0. The molecule has 1 aliphatic rings. The van der Waals surface area contributed by atoms with Gasteiger partial charge in [0.2, 0.25) is 0 Å². The van der Waals surface area contributed by atoms with E-state index in [9.17, 15) is 9.90 Å². The Hall–Kier alpha value is -1.55. The van der Waals surface area contributed by atoms with Crippen molar-refractivity contribution in [3.63, 3.8) is 0 Å². The van der Waals surface area contributed by atoms with E-state index in [0.29, 0.717) is 6.54 Å². The van der Waals surface area contributed by atoms with Crippen LogP contribution in [0.25, 0.3) is 0 Å². The van der Waals surface area contributed by atoms with Crippen LogP contribution in [0.3, 0.4) is 0 Å². The molecule has 3 N–H and O–H groups in total. The Kier molecular flexibility index (Phi) is 3.57. The summed E-state index contributed by atoms with van der Waals surface area (Å²) in [5, 5.41) is 9.42. The first-order valence-corrected chi connectivity index (χ1v) is 6.40. The largest absolute Gasteiger partial charge is 0.465 e. The van der Waals surface area contributed by atoms with E-state index in [-0.39, 0.29) is 11.6 Å². The summed E-state index contributed by atoms with van der Waals surface area (Å²) in [5.41, 5.74) is 6.77. The highest BCUT2D eigenvalue weighted by atomic mass is 16.4. The van der Waals surface area contributed by atoms with Gasteiger partial charge >= 0.3 is 6.09 Å². The number of benzene rings is 1. The monoisotopic (exact) mass is 248 g/mol. The van der Waals surface area contributed by atoms with Crippen molar-refractivity contribution >= 4 is 6.09 Å². The van der Waals surface area contributed by atoms with Gasteiger partial charge in [-0.3, -0.25) is 4.90 Å². The maximum Gasteiger partial charge on any atom is 0.408 e. The van der Waals surface area contributed by atoms with Crippen LogP contribution in [0.5, 0.6) is 0 Å². The van der Waals surface area contributed by atoms with Gasteiger partial charge in [-0.25, -0.2) is 4.79 Å². The first-order valence-electron chi connectivity index (χ1n) is 6.40. The highest BCUT2D eigenvalue weighted by molar-refractivity contribution is 5.67. The molecule has 0 bridgehead atoms. The molecule has 0 aromatic heterocycles. The van der Waals surface area contributed by atoms with Crippen LogP contribution in [0.2, 0.25) is 0 Å². The molecule has 0 aliphatic heterocycles. The van der Waals surface area contributed by atoms with Gasteiger partial charge in [0.25, 0.3) is 0 Å². The second kappa shape index (κ2) is 4.98. The normalized spacial score (nSPS) is 18.1. The number of nitrogens with two attached hydrogens (primary N) is 1. The van der Waals surface area contributed by atoms with E-state index in [1.807, 2.05) is 37.3 Å². The van der Waals surface area contributed by atoms with Crippen LogP contribution in [0, 0.1) is 0 Å². The van der Waals surface area contributed by atoms with Crippen LogP contribution in [0.15, 0.2) is 30.3 Å². The van der Waals surface area contributed by atoms with Crippen LogP contribution in [0.1, 0.15) is 31.7 Å². The maximum absolute atomic E-state index is 11.5. The van der Waals surface area contributed by atoms with Crippen molar-refractivity contribution in [2.75, 3.05) is 0 Å². The maximum atomic E-state index is 11.5. The SMILES string of the molecule is CC[C@@H](N)C1(N(Cc2ccccc2)C(=O)O)CC1. The van der Waals surface area contributed by atoms with Crippen molar-refractivity contribution in [1.82, 2.24) is 4.90 Å². The molecule has 18 heavy (non-hydrogen) atoms. The van der Waals surface area contributed by atoms with Crippen molar-refractivity contribution in [2.45, 2.75) is 44.3 Å². The molecule has 0 heterocycles. The third-order valence-corrected chi connectivity index (χ3v) is 3.84. The van der Waals surface area contributed by atoms with Crippen LogP contribution in [-0.4, -0.2) is 27.7 Å². The lowest BCUT2D eigenvalue weighted by Crippen LogP contribution is -2.51. The van der Waals surface area contributed by atoms with E-state index in [0.717, 1.165) is 24.8 Å². The highest BCUT2D eigenvalue weighted by Crippen LogP contribution is 2.45. The van der Waals surface area contributed by atoms with Crippen LogP contribution < -0.4 is 5.73 Å². The average Bonchev–Trinajstić information content (AvgIpc) is 3.17. The van der Waals surface area contributed by atoms with Crippen molar-refractivity contribution in [2.24, 2.45) is 5.73 Å². The van der Waals surface area contributed by atoms with Crippen molar-refractivity contribution in [3.05, 3.63) is 35.9 Å². The molecule has 1 fully saturated rings. The van der Waals surface area contributed by atoms with Gasteiger partial charge < -0.3 is 10.8 Å². The summed E-state index contributed by atoms with van der Waals surface area (Å²) in [6.45, 7) is 2.43. The summed E-state index contributed by atoms with van der Waals surface area (Å²) in [5.74, 6) is 0. The fourth-order valence-electron chi connectivity index (χ4n) is 2.53. The van der Waals surface area contributed by atoms with E-state index in [1.165, 1.54) is 4.90 Å². The molecule has 1 aliphatic carbocycles. The molecule has 1 aromatic rings. The fraction of sp³-hybridized carbons (Fsp3) is 0.500. The number of amides is 1. The summed E-state index contributed by atoms with van der Waals surface area (Å²) in [6, 6.07) is 9.60. The molecule has 4 heteroatoms. The third kappa shape index (κ3) is 2.34. The number of hydrogen-bond donors (Lipinski definition) is 2. The second-order valence-corrected chi connectivity index (χ2v) is 4.97. The van der Waals surface area contributed by atoms with Crippen molar-refractivity contribution in [1.29, 1.82) is 0 Å². The summed E-state index contributed by atoms with van der Waals surface area (Å²) in [4.78, 5) is 13.0. The third-order valence-electron chi connectivity index (χ3n) is 3.84. The van der Waals surface area contributed by atoms with Gasteiger partial charge in [-0.2, -0.15) is 0 Å². The Labute approximate surface area is 107 Å². The fourth-order valence-corrected chi connectivity index (χ4v) is 2.53. The van der Waals surface area contributed by atoms with Gasteiger partial charge in [0, 0.05) is 12.6 Å². The number of nitrogens with zero attached hydrogens (tertiary/aromatic N) is 1.